The molecule has 0 spiro atoms. The summed E-state index contributed by atoms with van der Waals surface area (Å²) in [6.45, 7) is 8.21. The third-order valence-corrected chi connectivity index (χ3v) is 8.00. The molecule has 1 saturated heterocycles. The summed E-state index contributed by atoms with van der Waals surface area (Å²) in [5, 5.41) is 9.85. The smallest absolute Gasteiger partial charge is 0.256 e. The third-order valence-electron chi connectivity index (χ3n) is 7.65. The number of aromatic amines is 1. The van der Waals surface area contributed by atoms with Crippen molar-refractivity contribution < 1.29 is 9.59 Å². The van der Waals surface area contributed by atoms with Gasteiger partial charge >= 0.3 is 0 Å². The minimum Gasteiger partial charge on any atom is -0.355 e. The van der Waals surface area contributed by atoms with Gasteiger partial charge in [0, 0.05) is 65.9 Å². The van der Waals surface area contributed by atoms with E-state index in [0.717, 1.165) is 73.2 Å². The van der Waals surface area contributed by atoms with E-state index in [1.807, 2.05) is 54.6 Å². The highest BCUT2D eigenvalue weighted by Crippen LogP contribution is 2.35. The first-order valence-electron chi connectivity index (χ1n) is 14.0. The second-order valence-corrected chi connectivity index (χ2v) is 10.9. The average molecular weight is 582 g/mol. The van der Waals surface area contributed by atoms with Crippen molar-refractivity contribution >= 4 is 57.8 Å². The third kappa shape index (κ3) is 6.23. The molecular weight excluding hydrogens is 550 g/mol. The van der Waals surface area contributed by atoms with Gasteiger partial charge in [0.2, 0.25) is 0 Å². The number of nitrogens with one attached hydrogen (secondary N) is 4. The molecule has 214 valence electrons. The number of imidazole rings is 1. The van der Waals surface area contributed by atoms with Gasteiger partial charge in [-0.2, -0.15) is 0 Å². The Bertz CT molecular complexity index is 1640. The van der Waals surface area contributed by atoms with Crippen molar-refractivity contribution in [3.05, 3.63) is 101 Å². The highest BCUT2D eigenvalue weighted by Gasteiger charge is 2.24. The zero-order valence-corrected chi connectivity index (χ0v) is 24.0. The fourth-order valence-electron chi connectivity index (χ4n) is 5.28. The number of benzene rings is 3. The number of aromatic nitrogens is 2. The minimum absolute atomic E-state index is 0.163. The Kier molecular flexibility index (Phi) is 8.05. The summed E-state index contributed by atoms with van der Waals surface area (Å²) in [6.07, 6.45) is 5.02. The predicted molar refractivity (Wildman–Crippen MR) is 168 cm³/mol. The molecule has 0 atom stereocenters. The molecule has 2 aliphatic rings. The monoisotopic (exact) mass is 581 g/mol. The molecule has 3 aromatic carbocycles. The Labute approximate surface area is 249 Å². The molecule has 2 amide bonds. The molecule has 1 fully saturated rings. The second kappa shape index (κ2) is 12.2. The summed E-state index contributed by atoms with van der Waals surface area (Å²) in [5.74, 6) is -0.390. The molecule has 6 rings (SSSR count). The second-order valence-electron chi connectivity index (χ2n) is 10.5. The molecule has 0 aliphatic carbocycles. The molecule has 9 nitrogen and oxygen atoms in total. The van der Waals surface area contributed by atoms with E-state index in [-0.39, 0.29) is 11.8 Å². The van der Waals surface area contributed by atoms with Crippen molar-refractivity contribution in [1.29, 1.82) is 0 Å². The van der Waals surface area contributed by atoms with Gasteiger partial charge in [0.1, 0.15) is 0 Å². The number of fused-ring (bicyclic) bond motifs is 1. The van der Waals surface area contributed by atoms with Crippen molar-refractivity contribution in [2.75, 3.05) is 48.7 Å². The van der Waals surface area contributed by atoms with Crippen LogP contribution in [-0.4, -0.2) is 64.3 Å². The zero-order chi connectivity index (χ0) is 29.1. The molecule has 0 unspecified atom stereocenters. The maximum atomic E-state index is 13.1. The van der Waals surface area contributed by atoms with Crippen LogP contribution < -0.4 is 16.0 Å². The van der Waals surface area contributed by atoms with Crippen molar-refractivity contribution in [3.8, 4) is 0 Å². The lowest BCUT2D eigenvalue weighted by Gasteiger charge is -2.34. The molecule has 0 radical (unpaired) electrons. The maximum Gasteiger partial charge on any atom is 0.256 e. The van der Waals surface area contributed by atoms with Crippen LogP contribution in [0.3, 0.4) is 0 Å². The van der Waals surface area contributed by atoms with E-state index in [4.69, 9.17) is 11.6 Å². The predicted octanol–water partition coefficient (Wildman–Crippen LogP) is 5.69. The van der Waals surface area contributed by atoms with Crippen molar-refractivity contribution in [2.24, 2.45) is 0 Å². The average Bonchev–Trinajstić information content (AvgIpc) is 3.62. The zero-order valence-electron chi connectivity index (χ0n) is 23.3. The standard InChI is InChI=1S/C32H32ClN7O2/c1-2-39-10-12-40(13-11-39)19-22-7-6-21(14-29(22)33)31(41)37-24-5-3-4-23(15-24)36-25-8-9-27-28(16-26-18-34-20-35-26)32(42)38-30(27)17-25/h3-9,14-18,20,36H,2,10-13,19H2,1H3,(H,34,35)(H,37,41)(H,38,42). The largest absolute Gasteiger partial charge is 0.355 e. The first-order chi connectivity index (χ1) is 20.4. The number of nitrogens with zero attached hydrogens (tertiary/aromatic N) is 3. The number of halogens is 1. The van der Waals surface area contributed by atoms with Crippen molar-refractivity contribution in [2.45, 2.75) is 13.5 Å². The van der Waals surface area contributed by atoms with Gasteiger partial charge in [-0.1, -0.05) is 36.7 Å². The summed E-state index contributed by atoms with van der Waals surface area (Å²) < 4.78 is 0. The first-order valence-corrected chi connectivity index (χ1v) is 14.4. The van der Waals surface area contributed by atoms with Crippen LogP contribution >= 0.6 is 11.6 Å². The van der Waals surface area contributed by atoms with Crippen LogP contribution in [0.4, 0.5) is 22.7 Å². The Morgan fingerprint density at radius 1 is 1.00 bits per heavy atom. The van der Waals surface area contributed by atoms with Gasteiger partial charge in [-0.15, -0.1) is 0 Å². The van der Waals surface area contributed by atoms with Gasteiger partial charge in [-0.3, -0.25) is 14.5 Å². The molecule has 4 aromatic rings. The van der Waals surface area contributed by atoms with E-state index in [0.29, 0.717) is 21.8 Å². The van der Waals surface area contributed by atoms with Crippen LogP contribution in [0.1, 0.15) is 34.1 Å². The number of carbonyl (C=O) groups is 2. The number of hydrogen-bond donors (Lipinski definition) is 4. The summed E-state index contributed by atoms with van der Waals surface area (Å²) in [5.41, 5.74) is 6.67. The molecular formula is C32H32ClN7O2. The number of hydrogen-bond acceptors (Lipinski definition) is 6. The van der Waals surface area contributed by atoms with Crippen molar-refractivity contribution in [3.63, 3.8) is 0 Å². The number of rotatable bonds is 8. The van der Waals surface area contributed by atoms with Crippen LogP contribution in [0.25, 0.3) is 11.6 Å². The minimum atomic E-state index is -0.228. The molecule has 0 bridgehead atoms. The number of anilines is 4. The van der Waals surface area contributed by atoms with E-state index in [2.05, 4.69) is 42.6 Å². The normalized spacial score (nSPS) is 16.3. The van der Waals surface area contributed by atoms with Crippen LogP contribution in [0.5, 0.6) is 0 Å². The van der Waals surface area contributed by atoms with Gasteiger partial charge in [0.15, 0.2) is 0 Å². The summed E-state index contributed by atoms with van der Waals surface area (Å²) >= 11 is 6.60. The SMILES string of the molecule is CCN1CCN(Cc2ccc(C(=O)Nc3cccc(Nc4ccc5c(c4)NC(=O)C5=Cc4cnc[nH]4)c3)cc2Cl)CC1. The van der Waals surface area contributed by atoms with E-state index in [9.17, 15) is 9.59 Å². The number of H-pyrrole nitrogens is 1. The quantitative estimate of drug-likeness (QED) is 0.199. The highest BCUT2D eigenvalue weighted by molar-refractivity contribution is 6.35. The van der Waals surface area contributed by atoms with Gasteiger partial charge in [-0.05, 0) is 60.6 Å². The molecule has 4 N–H and O–H groups in total. The van der Waals surface area contributed by atoms with E-state index >= 15 is 0 Å². The van der Waals surface area contributed by atoms with Crippen LogP contribution in [0.2, 0.25) is 5.02 Å². The molecule has 3 heterocycles. The highest BCUT2D eigenvalue weighted by atomic mass is 35.5. The Morgan fingerprint density at radius 2 is 1.79 bits per heavy atom. The van der Waals surface area contributed by atoms with Crippen LogP contribution in [0.15, 0.2) is 73.2 Å². The molecule has 2 aliphatic heterocycles. The van der Waals surface area contributed by atoms with Crippen LogP contribution in [0, 0.1) is 0 Å². The van der Waals surface area contributed by atoms with Gasteiger partial charge < -0.3 is 25.8 Å². The molecule has 1 aromatic heterocycles. The molecule has 10 heteroatoms. The fraction of sp³-hybridized carbons (Fsp3) is 0.219. The number of likely N-dealkylation sites (N-methyl/N-ethyl adjacent to an activating group) is 1. The topological polar surface area (TPSA) is 105 Å². The lowest BCUT2D eigenvalue weighted by atomic mass is 10.1. The van der Waals surface area contributed by atoms with Gasteiger partial charge in [0.25, 0.3) is 11.8 Å². The molecule has 42 heavy (non-hydrogen) atoms. The lowest BCUT2D eigenvalue weighted by molar-refractivity contribution is -0.110. The summed E-state index contributed by atoms with van der Waals surface area (Å²) in [7, 11) is 0. The number of piperazine rings is 1. The van der Waals surface area contributed by atoms with Gasteiger partial charge in [-0.25, -0.2) is 4.98 Å². The Balaban J connectivity index is 1.09. The lowest BCUT2D eigenvalue weighted by Crippen LogP contribution is -2.45. The summed E-state index contributed by atoms with van der Waals surface area (Å²) in [6, 6.07) is 18.7. The van der Waals surface area contributed by atoms with Crippen molar-refractivity contribution in [1.82, 2.24) is 19.8 Å². The van der Waals surface area contributed by atoms with E-state index in [1.54, 1.807) is 24.7 Å². The first kappa shape index (κ1) is 27.7. The van der Waals surface area contributed by atoms with Crippen LogP contribution in [-0.2, 0) is 11.3 Å². The Morgan fingerprint density at radius 3 is 2.55 bits per heavy atom. The maximum absolute atomic E-state index is 13.1. The van der Waals surface area contributed by atoms with Gasteiger partial charge in [0.05, 0.1) is 29.5 Å². The fourth-order valence-corrected chi connectivity index (χ4v) is 5.52. The Hall–Kier alpha value is -4.44. The number of amides is 2. The number of carbonyl (C=O) groups excluding carboxylic acids is 2. The summed E-state index contributed by atoms with van der Waals surface area (Å²) in [4.78, 5) is 37.4. The molecule has 0 saturated carbocycles. The van der Waals surface area contributed by atoms with E-state index in [1.165, 1.54) is 0 Å². The van der Waals surface area contributed by atoms with E-state index < -0.39 is 0 Å².